The highest BCUT2D eigenvalue weighted by atomic mass is 16.1. The number of aromatic nitrogens is 2. The largest absolute Gasteiger partial charge is 0.352 e. The van der Waals surface area contributed by atoms with Crippen LogP contribution in [-0.2, 0) is 11.3 Å². The van der Waals surface area contributed by atoms with E-state index in [0.29, 0.717) is 12.3 Å². The van der Waals surface area contributed by atoms with Crippen LogP contribution in [0.2, 0.25) is 0 Å². The van der Waals surface area contributed by atoms with Crippen LogP contribution in [0, 0.1) is 5.92 Å². The predicted molar refractivity (Wildman–Crippen MR) is 60.8 cm³/mol. The molecule has 0 bridgehead atoms. The summed E-state index contributed by atoms with van der Waals surface area (Å²) in [4.78, 5) is 11.6. The van der Waals surface area contributed by atoms with Crippen LogP contribution in [0.3, 0.4) is 0 Å². The molecule has 0 aromatic carbocycles. The Bertz CT molecular complexity index is 332. The topological polar surface area (TPSA) is 59.0 Å². The van der Waals surface area contributed by atoms with Gasteiger partial charge in [-0.3, -0.25) is 9.48 Å². The first kappa shape index (κ1) is 11.1. The Morgan fingerprint density at radius 2 is 2.50 bits per heavy atom. The van der Waals surface area contributed by atoms with Crippen molar-refractivity contribution in [2.45, 2.75) is 25.9 Å². The number of nitrogens with one attached hydrogen (secondary N) is 2. The number of hydrogen-bond donors (Lipinski definition) is 2. The SMILES string of the molecule is CC(Cn1cccn1)NC(=O)CC1CNC1. The summed E-state index contributed by atoms with van der Waals surface area (Å²) in [5.74, 6) is 0.669. The molecule has 1 unspecified atom stereocenters. The molecule has 1 aliphatic rings. The Kier molecular flexibility index (Phi) is 3.56. The zero-order valence-electron chi connectivity index (χ0n) is 9.52. The van der Waals surface area contributed by atoms with Crippen LogP contribution in [0.1, 0.15) is 13.3 Å². The van der Waals surface area contributed by atoms with Gasteiger partial charge >= 0.3 is 0 Å². The lowest BCUT2D eigenvalue weighted by atomic mass is 9.99. The minimum absolute atomic E-state index is 0.125. The lowest BCUT2D eigenvalue weighted by molar-refractivity contribution is -0.123. The summed E-state index contributed by atoms with van der Waals surface area (Å²) in [5, 5.41) is 10.3. The van der Waals surface area contributed by atoms with E-state index in [1.807, 2.05) is 23.9 Å². The number of hydrogen-bond acceptors (Lipinski definition) is 3. The lowest BCUT2D eigenvalue weighted by Crippen LogP contribution is -2.46. The van der Waals surface area contributed by atoms with Crippen LogP contribution in [-0.4, -0.2) is 34.8 Å². The minimum atomic E-state index is 0.125. The zero-order chi connectivity index (χ0) is 11.4. The van der Waals surface area contributed by atoms with Gasteiger partial charge in [0.25, 0.3) is 0 Å². The molecule has 0 saturated carbocycles. The van der Waals surface area contributed by atoms with Crippen LogP contribution < -0.4 is 10.6 Å². The van der Waals surface area contributed by atoms with E-state index < -0.39 is 0 Å². The van der Waals surface area contributed by atoms with E-state index in [9.17, 15) is 4.79 Å². The molecule has 88 valence electrons. The maximum Gasteiger partial charge on any atom is 0.220 e. The Balaban J connectivity index is 1.69. The number of amides is 1. The zero-order valence-corrected chi connectivity index (χ0v) is 9.52. The van der Waals surface area contributed by atoms with Gasteiger partial charge in [-0.25, -0.2) is 0 Å². The molecule has 1 aromatic heterocycles. The first-order chi connectivity index (χ1) is 7.74. The van der Waals surface area contributed by atoms with Crippen LogP contribution in [0.5, 0.6) is 0 Å². The quantitative estimate of drug-likeness (QED) is 0.737. The van der Waals surface area contributed by atoms with Crippen molar-refractivity contribution in [2.75, 3.05) is 13.1 Å². The van der Waals surface area contributed by atoms with E-state index in [1.165, 1.54) is 0 Å². The Hall–Kier alpha value is -1.36. The average Bonchev–Trinajstić information content (AvgIpc) is 2.63. The summed E-state index contributed by atoms with van der Waals surface area (Å²) in [5.41, 5.74) is 0. The molecule has 1 fully saturated rings. The van der Waals surface area contributed by atoms with Gasteiger partial charge in [-0.15, -0.1) is 0 Å². The molecule has 5 heteroatoms. The molecule has 0 spiro atoms. The summed E-state index contributed by atoms with van der Waals surface area (Å²) in [6, 6.07) is 2.01. The summed E-state index contributed by atoms with van der Waals surface area (Å²) < 4.78 is 1.83. The highest BCUT2D eigenvalue weighted by Gasteiger charge is 2.20. The van der Waals surface area contributed by atoms with Crippen molar-refractivity contribution >= 4 is 5.91 Å². The average molecular weight is 222 g/mol. The molecular weight excluding hydrogens is 204 g/mol. The highest BCUT2D eigenvalue weighted by Crippen LogP contribution is 2.07. The summed E-state index contributed by atoms with van der Waals surface area (Å²) in [6.07, 6.45) is 4.28. The minimum Gasteiger partial charge on any atom is -0.352 e. The van der Waals surface area contributed by atoms with Gasteiger partial charge in [-0.05, 0) is 32.0 Å². The summed E-state index contributed by atoms with van der Waals surface area (Å²) in [6.45, 7) is 4.67. The van der Waals surface area contributed by atoms with Crippen LogP contribution in [0.15, 0.2) is 18.5 Å². The predicted octanol–water partition coefficient (Wildman–Crippen LogP) is -0.00270. The van der Waals surface area contributed by atoms with Gasteiger partial charge in [0.1, 0.15) is 0 Å². The van der Waals surface area contributed by atoms with Gasteiger partial charge in [0, 0.05) is 24.9 Å². The van der Waals surface area contributed by atoms with Crippen molar-refractivity contribution in [3.05, 3.63) is 18.5 Å². The molecule has 2 N–H and O–H groups in total. The molecule has 1 aromatic rings. The van der Waals surface area contributed by atoms with Crippen LogP contribution in [0.4, 0.5) is 0 Å². The fourth-order valence-electron chi connectivity index (χ4n) is 1.82. The number of rotatable bonds is 5. The van der Waals surface area contributed by atoms with Gasteiger partial charge in [-0.2, -0.15) is 5.10 Å². The van der Waals surface area contributed by atoms with Gasteiger partial charge < -0.3 is 10.6 Å². The van der Waals surface area contributed by atoms with E-state index in [0.717, 1.165) is 19.6 Å². The number of carbonyl (C=O) groups is 1. The van der Waals surface area contributed by atoms with Crippen molar-refractivity contribution in [1.82, 2.24) is 20.4 Å². The van der Waals surface area contributed by atoms with Crippen molar-refractivity contribution in [2.24, 2.45) is 5.92 Å². The molecular formula is C11H18N4O. The van der Waals surface area contributed by atoms with Crippen molar-refractivity contribution in [1.29, 1.82) is 0 Å². The third-order valence-electron chi connectivity index (χ3n) is 2.77. The van der Waals surface area contributed by atoms with E-state index in [4.69, 9.17) is 0 Å². The van der Waals surface area contributed by atoms with Gasteiger partial charge in [-0.1, -0.05) is 0 Å². The summed E-state index contributed by atoms with van der Waals surface area (Å²) >= 11 is 0. The molecule has 1 saturated heterocycles. The molecule has 1 atom stereocenters. The Morgan fingerprint density at radius 1 is 1.69 bits per heavy atom. The maximum atomic E-state index is 11.6. The van der Waals surface area contributed by atoms with Crippen molar-refractivity contribution in [3.8, 4) is 0 Å². The fourth-order valence-corrected chi connectivity index (χ4v) is 1.82. The van der Waals surface area contributed by atoms with Gasteiger partial charge in [0.2, 0.25) is 5.91 Å². The van der Waals surface area contributed by atoms with E-state index in [2.05, 4.69) is 15.7 Å². The molecule has 16 heavy (non-hydrogen) atoms. The highest BCUT2D eigenvalue weighted by molar-refractivity contribution is 5.76. The van der Waals surface area contributed by atoms with E-state index in [1.54, 1.807) is 6.20 Å². The smallest absolute Gasteiger partial charge is 0.220 e. The lowest BCUT2D eigenvalue weighted by Gasteiger charge is -2.27. The normalized spacial score (nSPS) is 17.8. The first-order valence-corrected chi connectivity index (χ1v) is 5.71. The van der Waals surface area contributed by atoms with Gasteiger partial charge in [0.05, 0.1) is 6.54 Å². The fraction of sp³-hybridized carbons (Fsp3) is 0.636. The van der Waals surface area contributed by atoms with E-state index >= 15 is 0 Å². The van der Waals surface area contributed by atoms with Crippen LogP contribution in [0.25, 0.3) is 0 Å². The third-order valence-corrected chi connectivity index (χ3v) is 2.77. The molecule has 1 aliphatic heterocycles. The second-order valence-electron chi connectivity index (χ2n) is 4.43. The number of carbonyl (C=O) groups excluding carboxylic acids is 1. The molecule has 0 aliphatic carbocycles. The van der Waals surface area contributed by atoms with Crippen LogP contribution >= 0.6 is 0 Å². The van der Waals surface area contributed by atoms with Gasteiger partial charge in [0.15, 0.2) is 0 Å². The van der Waals surface area contributed by atoms with E-state index in [-0.39, 0.29) is 11.9 Å². The Labute approximate surface area is 95.2 Å². The summed E-state index contributed by atoms with van der Waals surface area (Å²) in [7, 11) is 0. The third kappa shape index (κ3) is 3.06. The second kappa shape index (κ2) is 5.12. The second-order valence-corrected chi connectivity index (χ2v) is 4.43. The first-order valence-electron chi connectivity index (χ1n) is 5.71. The molecule has 5 nitrogen and oxygen atoms in total. The Morgan fingerprint density at radius 3 is 3.06 bits per heavy atom. The standard InChI is InChI=1S/C11H18N4O/c1-9(8-15-4-2-3-13-15)14-11(16)5-10-6-12-7-10/h2-4,9-10,12H,5-8H2,1H3,(H,14,16). The molecule has 0 radical (unpaired) electrons. The molecule has 2 rings (SSSR count). The van der Waals surface area contributed by atoms with Crippen molar-refractivity contribution < 1.29 is 4.79 Å². The van der Waals surface area contributed by atoms with Crippen molar-refractivity contribution in [3.63, 3.8) is 0 Å². The monoisotopic (exact) mass is 222 g/mol. The molecule has 1 amide bonds. The maximum absolute atomic E-state index is 11.6. The molecule has 2 heterocycles. The number of nitrogens with zero attached hydrogens (tertiary/aromatic N) is 2.